The molecule has 3 aromatic rings. The van der Waals surface area contributed by atoms with Gasteiger partial charge in [0.15, 0.2) is 0 Å². The van der Waals surface area contributed by atoms with Crippen LogP contribution in [-0.4, -0.2) is 14.4 Å². The number of fused-ring (bicyclic) bond motifs is 1. The maximum absolute atomic E-state index is 5.89. The van der Waals surface area contributed by atoms with Gasteiger partial charge >= 0.3 is 0 Å². The van der Waals surface area contributed by atoms with Crippen molar-refractivity contribution in [2.75, 3.05) is 5.73 Å². The lowest BCUT2D eigenvalue weighted by molar-refractivity contribution is 0.462. The number of benzene rings is 1. The second-order valence-corrected chi connectivity index (χ2v) is 6.01. The van der Waals surface area contributed by atoms with Crippen LogP contribution in [-0.2, 0) is 5.41 Å². The van der Waals surface area contributed by atoms with E-state index in [1.807, 2.05) is 24.4 Å². The molecule has 0 saturated heterocycles. The number of imidazole rings is 1. The first-order valence-corrected chi connectivity index (χ1v) is 6.81. The molecule has 0 saturated carbocycles. The standard InChI is InChI=1S/C16H18N4O/c1-16(2,3)11-5-4-6-12(9-11)21-15-14-18-7-8-20(14)10-13(17)19-15/h4-10H,17H2,1-3H3. The number of nitrogen functional groups attached to an aromatic ring is 1. The third-order valence-electron chi connectivity index (χ3n) is 3.28. The number of aromatic nitrogens is 3. The normalized spacial score (nSPS) is 11.8. The molecule has 21 heavy (non-hydrogen) atoms. The minimum absolute atomic E-state index is 0.0607. The van der Waals surface area contributed by atoms with Crippen molar-refractivity contribution in [2.24, 2.45) is 0 Å². The van der Waals surface area contributed by atoms with Gasteiger partial charge in [-0.3, -0.25) is 4.40 Å². The molecule has 0 atom stereocenters. The van der Waals surface area contributed by atoms with Crippen LogP contribution in [0, 0.1) is 0 Å². The van der Waals surface area contributed by atoms with Crippen LogP contribution in [0.2, 0.25) is 0 Å². The van der Waals surface area contributed by atoms with Gasteiger partial charge in [0.1, 0.15) is 11.6 Å². The molecule has 1 aromatic carbocycles. The molecule has 2 N–H and O–H groups in total. The molecule has 2 aromatic heterocycles. The number of anilines is 1. The molecule has 0 bridgehead atoms. The van der Waals surface area contributed by atoms with E-state index in [-0.39, 0.29) is 5.41 Å². The first-order valence-electron chi connectivity index (χ1n) is 6.81. The van der Waals surface area contributed by atoms with E-state index in [4.69, 9.17) is 10.5 Å². The van der Waals surface area contributed by atoms with E-state index < -0.39 is 0 Å². The minimum atomic E-state index is 0.0607. The molecule has 0 spiro atoms. The highest BCUT2D eigenvalue weighted by atomic mass is 16.5. The lowest BCUT2D eigenvalue weighted by atomic mass is 9.87. The molecule has 5 heteroatoms. The molecule has 5 nitrogen and oxygen atoms in total. The first kappa shape index (κ1) is 13.4. The first-order chi connectivity index (χ1) is 9.93. The van der Waals surface area contributed by atoms with Crippen molar-refractivity contribution in [2.45, 2.75) is 26.2 Å². The zero-order valence-corrected chi connectivity index (χ0v) is 12.4. The summed E-state index contributed by atoms with van der Waals surface area (Å²) in [6, 6.07) is 7.99. The summed E-state index contributed by atoms with van der Waals surface area (Å²) in [4.78, 5) is 8.48. The van der Waals surface area contributed by atoms with Gasteiger partial charge in [-0.05, 0) is 23.1 Å². The molecule has 3 rings (SSSR count). The molecule has 0 aliphatic heterocycles. The Kier molecular flexibility index (Phi) is 3.05. The number of nitrogens with zero attached hydrogens (tertiary/aromatic N) is 3. The quantitative estimate of drug-likeness (QED) is 0.782. The molecule has 108 valence electrons. The third-order valence-corrected chi connectivity index (χ3v) is 3.28. The summed E-state index contributed by atoms with van der Waals surface area (Å²) in [6.45, 7) is 6.49. The van der Waals surface area contributed by atoms with Crippen molar-refractivity contribution >= 4 is 11.5 Å². The lowest BCUT2D eigenvalue weighted by Gasteiger charge is -2.19. The Balaban J connectivity index is 2.01. The van der Waals surface area contributed by atoms with E-state index in [1.165, 1.54) is 5.56 Å². The van der Waals surface area contributed by atoms with E-state index >= 15 is 0 Å². The SMILES string of the molecule is CC(C)(C)c1cccc(Oc2nc(N)cn3ccnc23)c1. The summed E-state index contributed by atoms with van der Waals surface area (Å²) >= 11 is 0. The van der Waals surface area contributed by atoms with Crippen LogP contribution in [0.25, 0.3) is 5.65 Å². The summed E-state index contributed by atoms with van der Waals surface area (Å²) < 4.78 is 7.69. The molecular weight excluding hydrogens is 264 g/mol. The Bertz CT molecular complexity index is 786. The highest BCUT2D eigenvalue weighted by molar-refractivity contribution is 5.54. The summed E-state index contributed by atoms with van der Waals surface area (Å²) in [5.74, 6) is 1.53. The van der Waals surface area contributed by atoms with Gasteiger partial charge in [0, 0.05) is 12.4 Å². The highest BCUT2D eigenvalue weighted by Gasteiger charge is 2.15. The van der Waals surface area contributed by atoms with Crippen LogP contribution in [0.3, 0.4) is 0 Å². The Morgan fingerprint density at radius 3 is 2.81 bits per heavy atom. The van der Waals surface area contributed by atoms with E-state index in [0.717, 1.165) is 5.75 Å². The van der Waals surface area contributed by atoms with Crippen molar-refractivity contribution in [1.29, 1.82) is 0 Å². The second-order valence-electron chi connectivity index (χ2n) is 6.01. The Labute approximate surface area is 123 Å². The second kappa shape index (κ2) is 4.77. The summed E-state index contributed by atoms with van der Waals surface area (Å²) in [7, 11) is 0. The predicted molar refractivity (Wildman–Crippen MR) is 82.6 cm³/mol. The average molecular weight is 282 g/mol. The maximum atomic E-state index is 5.89. The monoisotopic (exact) mass is 282 g/mol. The predicted octanol–water partition coefficient (Wildman–Crippen LogP) is 3.40. The Morgan fingerprint density at radius 1 is 1.24 bits per heavy atom. The maximum Gasteiger partial charge on any atom is 0.265 e. The Morgan fingerprint density at radius 2 is 2.05 bits per heavy atom. The Hall–Kier alpha value is -2.56. The molecule has 0 radical (unpaired) electrons. The van der Waals surface area contributed by atoms with Gasteiger partial charge < -0.3 is 10.5 Å². The molecule has 0 amide bonds. The number of hydrogen-bond acceptors (Lipinski definition) is 4. The van der Waals surface area contributed by atoms with Gasteiger partial charge in [0.25, 0.3) is 5.88 Å². The van der Waals surface area contributed by atoms with Gasteiger partial charge in [-0.25, -0.2) is 4.98 Å². The molecular formula is C16H18N4O. The van der Waals surface area contributed by atoms with E-state index in [0.29, 0.717) is 17.3 Å². The number of rotatable bonds is 2. The van der Waals surface area contributed by atoms with Crippen molar-refractivity contribution < 1.29 is 4.74 Å². The van der Waals surface area contributed by atoms with Gasteiger partial charge in [-0.1, -0.05) is 32.9 Å². The van der Waals surface area contributed by atoms with Gasteiger partial charge in [0.05, 0.1) is 6.20 Å². The smallest absolute Gasteiger partial charge is 0.265 e. The summed E-state index contributed by atoms with van der Waals surface area (Å²) in [5.41, 5.74) is 7.70. The molecule has 0 fully saturated rings. The van der Waals surface area contributed by atoms with Gasteiger partial charge in [0.2, 0.25) is 5.65 Å². The molecule has 0 aliphatic carbocycles. The summed E-state index contributed by atoms with van der Waals surface area (Å²) in [5, 5.41) is 0. The van der Waals surface area contributed by atoms with Crippen molar-refractivity contribution in [3.8, 4) is 11.6 Å². The fourth-order valence-electron chi connectivity index (χ4n) is 2.13. The van der Waals surface area contributed by atoms with E-state index in [2.05, 4.69) is 36.8 Å². The fraction of sp³-hybridized carbons (Fsp3) is 0.250. The number of hydrogen-bond donors (Lipinski definition) is 1. The lowest BCUT2D eigenvalue weighted by Crippen LogP contribution is -2.10. The zero-order chi connectivity index (χ0) is 15.0. The van der Waals surface area contributed by atoms with Crippen LogP contribution >= 0.6 is 0 Å². The highest BCUT2D eigenvalue weighted by Crippen LogP contribution is 2.29. The van der Waals surface area contributed by atoms with Gasteiger partial charge in [-0.15, -0.1) is 0 Å². The van der Waals surface area contributed by atoms with Crippen LogP contribution in [0.1, 0.15) is 26.3 Å². The zero-order valence-electron chi connectivity index (χ0n) is 12.4. The van der Waals surface area contributed by atoms with E-state index in [9.17, 15) is 0 Å². The van der Waals surface area contributed by atoms with Crippen LogP contribution in [0.4, 0.5) is 5.82 Å². The fourth-order valence-corrected chi connectivity index (χ4v) is 2.13. The van der Waals surface area contributed by atoms with Crippen molar-refractivity contribution in [1.82, 2.24) is 14.4 Å². The van der Waals surface area contributed by atoms with Crippen LogP contribution in [0.5, 0.6) is 11.6 Å². The largest absolute Gasteiger partial charge is 0.436 e. The summed E-state index contributed by atoms with van der Waals surface area (Å²) in [6.07, 6.45) is 5.21. The number of nitrogens with two attached hydrogens (primary N) is 1. The molecule has 0 aliphatic rings. The topological polar surface area (TPSA) is 65.4 Å². The number of ether oxygens (including phenoxy) is 1. The van der Waals surface area contributed by atoms with Crippen LogP contribution < -0.4 is 10.5 Å². The molecule has 2 heterocycles. The van der Waals surface area contributed by atoms with Crippen molar-refractivity contribution in [3.05, 3.63) is 48.4 Å². The minimum Gasteiger partial charge on any atom is -0.436 e. The molecule has 0 unspecified atom stereocenters. The van der Waals surface area contributed by atoms with E-state index in [1.54, 1.807) is 16.8 Å². The van der Waals surface area contributed by atoms with Crippen LogP contribution in [0.15, 0.2) is 42.9 Å². The van der Waals surface area contributed by atoms with Gasteiger partial charge in [-0.2, -0.15) is 4.98 Å². The third kappa shape index (κ3) is 2.67. The average Bonchev–Trinajstić information content (AvgIpc) is 2.86. The van der Waals surface area contributed by atoms with Crippen molar-refractivity contribution in [3.63, 3.8) is 0 Å².